The lowest BCUT2D eigenvalue weighted by atomic mass is 9.90. The number of likely N-dealkylation sites (tertiary alicyclic amines) is 1. The summed E-state index contributed by atoms with van der Waals surface area (Å²) in [4.78, 5) is 2.34. The molecule has 0 amide bonds. The first-order chi connectivity index (χ1) is 8.52. The van der Waals surface area contributed by atoms with Gasteiger partial charge < -0.3 is 5.73 Å². The Labute approximate surface area is 107 Å². The van der Waals surface area contributed by atoms with Gasteiger partial charge >= 0.3 is 0 Å². The van der Waals surface area contributed by atoms with E-state index in [1.165, 1.54) is 12.1 Å². The molecule has 1 aliphatic heterocycles. The van der Waals surface area contributed by atoms with Crippen molar-refractivity contribution in [3.05, 3.63) is 35.4 Å². The third-order valence-electron chi connectivity index (χ3n) is 3.77. The van der Waals surface area contributed by atoms with Crippen molar-refractivity contribution in [3.63, 3.8) is 0 Å². The number of rotatable bonds is 4. The predicted molar refractivity (Wildman–Crippen MR) is 68.5 cm³/mol. The molecule has 1 unspecified atom stereocenters. The Balaban J connectivity index is 1.94. The Bertz CT molecular complexity index is 391. The highest BCUT2D eigenvalue weighted by molar-refractivity contribution is 5.23. The molecule has 4 heteroatoms. The summed E-state index contributed by atoms with van der Waals surface area (Å²) in [5.74, 6) is 0. The molecule has 1 aromatic rings. The Morgan fingerprint density at radius 3 is 2.50 bits per heavy atom. The highest BCUT2D eigenvalue weighted by atomic mass is 19.3. The third-order valence-corrected chi connectivity index (χ3v) is 3.77. The van der Waals surface area contributed by atoms with Gasteiger partial charge in [-0.15, -0.1) is 0 Å². The van der Waals surface area contributed by atoms with E-state index in [-0.39, 0.29) is 11.0 Å². The summed E-state index contributed by atoms with van der Waals surface area (Å²) in [6.45, 7) is 5.74. The molecule has 0 bridgehead atoms. The Morgan fingerprint density at radius 2 is 2.00 bits per heavy atom. The van der Waals surface area contributed by atoms with Crippen LogP contribution in [-0.4, -0.2) is 24.5 Å². The third kappa shape index (κ3) is 3.06. The molecular formula is C14H20F2N2. The summed E-state index contributed by atoms with van der Waals surface area (Å²) >= 11 is 0. The van der Waals surface area contributed by atoms with Crippen LogP contribution < -0.4 is 5.73 Å². The van der Waals surface area contributed by atoms with E-state index < -0.39 is 6.43 Å². The molecule has 1 aromatic carbocycles. The highest BCUT2D eigenvalue weighted by Crippen LogP contribution is 2.29. The van der Waals surface area contributed by atoms with Crippen LogP contribution in [0.15, 0.2) is 24.3 Å². The van der Waals surface area contributed by atoms with Gasteiger partial charge in [0.15, 0.2) is 0 Å². The second-order valence-corrected chi connectivity index (χ2v) is 5.52. The summed E-state index contributed by atoms with van der Waals surface area (Å²) < 4.78 is 24.9. The normalized spacial score (nSPS) is 24.9. The van der Waals surface area contributed by atoms with E-state index in [0.717, 1.165) is 31.6 Å². The first-order valence-corrected chi connectivity index (χ1v) is 6.32. The van der Waals surface area contributed by atoms with Crippen molar-refractivity contribution in [2.24, 2.45) is 11.1 Å². The molecule has 0 aromatic heterocycles. The first-order valence-electron chi connectivity index (χ1n) is 6.32. The number of nitrogens with two attached hydrogens (primary N) is 1. The summed E-state index contributed by atoms with van der Waals surface area (Å²) in [6, 6.07) is 6.61. The van der Waals surface area contributed by atoms with Crippen LogP contribution in [0.25, 0.3) is 0 Å². The van der Waals surface area contributed by atoms with Gasteiger partial charge in [-0.1, -0.05) is 31.2 Å². The van der Waals surface area contributed by atoms with Gasteiger partial charge in [-0.2, -0.15) is 0 Å². The minimum atomic E-state index is -2.38. The van der Waals surface area contributed by atoms with Gasteiger partial charge in [0.25, 0.3) is 6.43 Å². The molecule has 2 nitrogen and oxygen atoms in total. The summed E-state index contributed by atoms with van der Waals surface area (Å²) in [7, 11) is 0. The van der Waals surface area contributed by atoms with E-state index >= 15 is 0 Å². The zero-order chi connectivity index (χ0) is 13.2. The minimum Gasteiger partial charge on any atom is -0.330 e. The SMILES string of the molecule is CC1(CN)CCN(Cc2ccc(C(F)F)cc2)C1. The number of halogens is 2. The Morgan fingerprint density at radius 1 is 1.33 bits per heavy atom. The second kappa shape index (κ2) is 5.33. The van der Waals surface area contributed by atoms with Crippen molar-refractivity contribution in [1.82, 2.24) is 4.90 Å². The second-order valence-electron chi connectivity index (χ2n) is 5.52. The van der Waals surface area contributed by atoms with Crippen molar-refractivity contribution in [2.75, 3.05) is 19.6 Å². The van der Waals surface area contributed by atoms with E-state index in [4.69, 9.17) is 5.73 Å². The maximum atomic E-state index is 12.4. The monoisotopic (exact) mass is 254 g/mol. The Hall–Kier alpha value is -1.00. The smallest absolute Gasteiger partial charge is 0.263 e. The molecule has 0 aliphatic carbocycles. The molecule has 1 saturated heterocycles. The lowest BCUT2D eigenvalue weighted by molar-refractivity contribution is 0.151. The van der Waals surface area contributed by atoms with E-state index in [0.29, 0.717) is 6.54 Å². The average molecular weight is 254 g/mol. The topological polar surface area (TPSA) is 29.3 Å². The molecule has 0 saturated carbocycles. The molecule has 2 N–H and O–H groups in total. The van der Waals surface area contributed by atoms with Gasteiger partial charge in [-0.25, -0.2) is 8.78 Å². The van der Waals surface area contributed by atoms with Gasteiger partial charge in [-0.3, -0.25) is 4.90 Å². The summed E-state index contributed by atoms with van der Waals surface area (Å²) in [6.07, 6.45) is -1.27. The van der Waals surface area contributed by atoms with Crippen molar-refractivity contribution < 1.29 is 8.78 Å². The van der Waals surface area contributed by atoms with Crippen LogP contribution in [0.5, 0.6) is 0 Å². The lowest BCUT2D eigenvalue weighted by Crippen LogP contribution is -2.31. The van der Waals surface area contributed by atoms with Crippen LogP contribution >= 0.6 is 0 Å². The molecular weight excluding hydrogens is 234 g/mol. The number of hydrogen-bond acceptors (Lipinski definition) is 2. The van der Waals surface area contributed by atoms with Gasteiger partial charge in [0.2, 0.25) is 0 Å². The van der Waals surface area contributed by atoms with E-state index in [1.807, 2.05) is 0 Å². The molecule has 1 aliphatic rings. The molecule has 2 rings (SSSR count). The van der Waals surface area contributed by atoms with E-state index in [2.05, 4.69) is 11.8 Å². The fraction of sp³-hybridized carbons (Fsp3) is 0.571. The zero-order valence-corrected chi connectivity index (χ0v) is 10.7. The van der Waals surface area contributed by atoms with Crippen LogP contribution in [0, 0.1) is 5.41 Å². The van der Waals surface area contributed by atoms with Crippen LogP contribution in [0.1, 0.15) is 30.9 Å². The number of alkyl halides is 2. The van der Waals surface area contributed by atoms with Crippen LogP contribution in [0.3, 0.4) is 0 Å². The number of hydrogen-bond donors (Lipinski definition) is 1. The molecule has 100 valence electrons. The van der Waals surface area contributed by atoms with Crippen LogP contribution in [0.2, 0.25) is 0 Å². The zero-order valence-electron chi connectivity index (χ0n) is 10.7. The average Bonchev–Trinajstić information content (AvgIpc) is 2.72. The molecule has 1 heterocycles. The summed E-state index contributed by atoms with van der Waals surface area (Å²) in [5, 5.41) is 0. The molecule has 1 fully saturated rings. The van der Waals surface area contributed by atoms with Crippen LogP contribution in [0.4, 0.5) is 8.78 Å². The fourth-order valence-electron chi connectivity index (χ4n) is 2.45. The van der Waals surface area contributed by atoms with Crippen molar-refractivity contribution in [1.29, 1.82) is 0 Å². The standard InChI is InChI=1S/C14H20F2N2/c1-14(9-17)6-7-18(10-14)8-11-2-4-12(5-3-11)13(15)16/h2-5,13H,6-10,17H2,1H3. The number of nitrogens with zero attached hydrogens (tertiary/aromatic N) is 1. The fourth-order valence-corrected chi connectivity index (χ4v) is 2.45. The largest absolute Gasteiger partial charge is 0.330 e. The number of benzene rings is 1. The predicted octanol–water partition coefficient (Wildman–Crippen LogP) is 2.79. The molecule has 1 atom stereocenters. The highest BCUT2D eigenvalue weighted by Gasteiger charge is 2.32. The first kappa shape index (κ1) is 13.4. The quantitative estimate of drug-likeness (QED) is 0.895. The molecule has 18 heavy (non-hydrogen) atoms. The van der Waals surface area contributed by atoms with Crippen molar-refractivity contribution >= 4 is 0 Å². The van der Waals surface area contributed by atoms with E-state index in [9.17, 15) is 8.78 Å². The van der Waals surface area contributed by atoms with E-state index in [1.54, 1.807) is 12.1 Å². The van der Waals surface area contributed by atoms with Crippen LogP contribution in [-0.2, 0) is 6.54 Å². The maximum Gasteiger partial charge on any atom is 0.263 e. The maximum absolute atomic E-state index is 12.4. The van der Waals surface area contributed by atoms with Crippen molar-refractivity contribution in [3.8, 4) is 0 Å². The molecule has 0 spiro atoms. The van der Waals surface area contributed by atoms with Gasteiger partial charge in [0.1, 0.15) is 0 Å². The Kier molecular flexibility index (Phi) is 3.97. The van der Waals surface area contributed by atoms with Gasteiger partial charge in [0.05, 0.1) is 0 Å². The van der Waals surface area contributed by atoms with Gasteiger partial charge in [-0.05, 0) is 30.5 Å². The summed E-state index contributed by atoms with van der Waals surface area (Å²) in [5.41, 5.74) is 7.15. The lowest BCUT2D eigenvalue weighted by Gasteiger charge is -2.22. The molecule has 0 radical (unpaired) electrons. The van der Waals surface area contributed by atoms with Crippen molar-refractivity contribution in [2.45, 2.75) is 26.3 Å². The van der Waals surface area contributed by atoms with Gasteiger partial charge in [0, 0.05) is 18.7 Å². The minimum absolute atomic E-state index is 0.0898.